The highest BCUT2D eigenvalue weighted by Gasteiger charge is 2.40. The number of nitrogens with one attached hydrogen (secondary N) is 1. The molecule has 0 saturated carbocycles. The van der Waals surface area contributed by atoms with Gasteiger partial charge in [0.25, 0.3) is 5.91 Å². The second-order valence-corrected chi connectivity index (χ2v) is 6.96. The van der Waals surface area contributed by atoms with E-state index in [4.69, 9.17) is 0 Å². The summed E-state index contributed by atoms with van der Waals surface area (Å²) in [5, 5.41) is 6.15. The second-order valence-electron chi connectivity index (χ2n) is 6.96. The summed E-state index contributed by atoms with van der Waals surface area (Å²) >= 11 is 0. The minimum atomic E-state index is -4.87. The Hall–Kier alpha value is -3.50. The van der Waals surface area contributed by atoms with Crippen LogP contribution in [0, 0.1) is 6.92 Å². The molecule has 1 unspecified atom stereocenters. The smallest absolute Gasteiger partial charge is 0.406 e. The molecule has 0 saturated heterocycles. The van der Waals surface area contributed by atoms with Gasteiger partial charge < -0.3 is 10.1 Å². The Balaban J connectivity index is 1.84. The first kappa shape index (κ1) is 23.2. The van der Waals surface area contributed by atoms with Crippen LogP contribution in [0.5, 0.6) is 5.75 Å². The number of benzene rings is 2. The molecule has 0 fully saturated rings. The van der Waals surface area contributed by atoms with E-state index in [1.807, 2.05) is 0 Å². The molecule has 0 bridgehead atoms. The van der Waals surface area contributed by atoms with Gasteiger partial charge in [0.1, 0.15) is 5.75 Å². The summed E-state index contributed by atoms with van der Waals surface area (Å²) in [6.45, 7) is 3.26. The molecule has 2 aromatic carbocycles. The van der Waals surface area contributed by atoms with Crippen LogP contribution in [-0.4, -0.2) is 22.1 Å². The van der Waals surface area contributed by atoms with Crippen molar-refractivity contribution < 1.29 is 35.9 Å². The number of rotatable bonds is 5. The van der Waals surface area contributed by atoms with Crippen molar-refractivity contribution in [3.8, 4) is 11.4 Å². The molecule has 170 valence electrons. The topological polar surface area (TPSA) is 56.2 Å². The number of aryl methyl sites for hydroxylation is 1. The molecule has 3 aromatic rings. The highest BCUT2D eigenvalue weighted by molar-refractivity contribution is 5.95. The first-order chi connectivity index (χ1) is 14.8. The van der Waals surface area contributed by atoms with Crippen LogP contribution in [0.3, 0.4) is 0 Å². The Morgan fingerprint density at radius 2 is 1.59 bits per heavy atom. The van der Waals surface area contributed by atoms with Gasteiger partial charge in [-0.05, 0) is 43.7 Å². The molecule has 0 radical (unpaired) electrons. The van der Waals surface area contributed by atoms with E-state index in [9.17, 15) is 31.1 Å². The van der Waals surface area contributed by atoms with E-state index in [0.717, 1.165) is 23.9 Å². The van der Waals surface area contributed by atoms with E-state index in [0.29, 0.717) is 10.2 Å². The maximum Gasteiger partial charge on any atom is 0.573 e. The molecular weight excluding hydrogens is 440 g/mol. The van der Waals surface area contributed by atoms with Crippen molar-refractivity contribution in [1.29, 1.82) is 0 Å². The summed E-state index contributed by atoms with van der Waals surface area (Å²) in [4.78, 5) is 12.6. The van der Waals surface area contributed by atoms with Gasteiger partial charge in [-0.15, -0.1) is 13.2 Å². The minimum Gasteiger partial charge on any atom is -0.406 e. The standard InChI is InChI=1S/C21H17F6N3O2/c1-12-3-7-15(8-4-12)30-18(20(22,23)24)17(11-28-30)19(31)29-13(2)14-5-9-16(10-6-14)32-21(25,26)27/h3-11,13H,1-2H3,(H,29,31). The Morgan fingerprint density at radius 3 is 2.12 bits per heavy atom. The third-order valence-corrected chi connectivity index (χ3v) is 4.52. The summed E-state index contributed by atoms with van der Waals surface area (Å²) < 4.78 is 82.5. The lowest BCUT2D eigenvalue weighted by Gasteiger charge is -2.17. The lowest BCUT2D eigenvalue weighted by molar-refractivity contribution is -0.274. The van der Waals surface area contributed by atoms with Gasteiger partial charge in [-0.25, -0.2) is 4.68 Å². The Kier molecular flexibility index (Phi) is 6.20. The van der Waals surface area contributed by atoms with Gasteiger partial charge in [0.2, 0.25) is 0 Å². The predicted molar refractivity (Wildman–Crippen MR) is 102 cm³/mol. The molecule has 1 aromatic heterocycles. The van der Waals surface area contributed by atoms with E-state index in [1.54, 1.807) is 19.1 Å². The fraction of sp³-hybridized carbons (Fsp3) is 0.238. The number of carbonyl (C=O) groups is 1. The van der Waals surface area contributed by atoms with Crippen molar-refractivity contribution in [3.63, 3.8) is 0 Å². The summed E-state index contributed by atoms with van der Waals surface area (Å²) in [5.74, 6) is -1.49. The molecular formula is C21H17F6N3O2. The van der Waals surface area contributed by atoms with Crippen molar-refractivity contribution in [2.24, 2.45) is 0 Å². The zero-order chi connectivity index (χ0) is 23.7. The van der Waals surface area contributed by atoms with E-state index in [2.05, 4.69) is 15.2 Å². The van der Waals surface area contributed by atoms with Gasteiger partial charge in [-0.1, -0.05) is 29.8 Å². The first-order valence-corrected chi connectivity index (χ1v) is 9.24. The average Bonchev–Trinajstić information content (AvgIpc) is 3.13. The zero-order valence-electron chi connectivity index (χ0n) is 16.8. The molecule has 32 heavy (non-hydrogen) atoms. The van der Waals surface area contributed by atoms with E-state index in [1.165, 1.54) is 31.2 Å². The third kappa shape index (κ3) is 5.40. The molecule has 5 nitrogen and oxygen atoms in total. The third-order valence-electron chi connectivity index (χ3n) is 4.52. The number of nitrogens with zero attached hydrogens (tertiary/aromatic N) is 2. The lowest BCUT2D eigenvalue weighted by Crippen LogP contribution is -2.29. The van der Waals surface area contributed by atoms with Crippen molar-refractivity contribution >= 4 is 5.91 Å². The average molecular weight is 457 g/mol. The fourth-order valence-electron chi connectivity index (χ4n) is 2.99. The maximum atomic E-state index is 13.8. The van der Waals surface area contributed by atoms with Crippen molar-refractivity contribution in [1.82, 2.24) is 15.1 Å². The molecule has 0 aliphatic heterocycles. The molecule has 0 spiro atoms. The fourth-order valence-corrected chi connectivity index (χ4v) is 2.99. The van der Waals surface area contributed by atoms with Crippen LogP contribution in [0.15, 0.2) is 54.7 Å². The van der Waals surface area contributed by atoms with Crippen LogP contribution in [0.4, 0.5) is 26.3 Å². The van der Waals surface area contributed by atoms with Crippen molar-refractivity contribution in [3.05, 3.63) is 77.1 Å². The van der Waals surface area contributed by atoms with Gasteiger partial charge in [-0.2, -0.15) is 18.3 Å². The van der Waals surface area contributed by atoms with Gasteiger partial charge >= 0.3 is 12.5 Å². The largest absolute Gasteiger partial charge is 0.573 e. The van der Waals surface area contributed by atoms with Crippen molar-refractivity contribution in [2.45, 2.75) is 32.4 Å². The number of hydrogen-bond acceptors (Lipinski definition) is 3. The summed E-state index contributed by atoms with van der Waals surface area (Å²) in [6.07, 6.45) is -8.90. The molecule has 1 heterocycles. The Bertz CT molecular complexity index is 1090. The Labute approximate surface area is 178 Å². The van der Waals surface area contributed by atoms with Crippen LogP contribution in [0.2, 0.25) is 0 Å². The summed E-state index contributed by atoms with van der Waals surface area (Å²) in [6, 6.07) is 9.96. The normalized spacial score (nSPS) is 13.0. The van der Waals surface area contributed by atoms with E-state index < -0.39 is 41.5 Å². The highest BCUT2D eigenvalue weighted by atomic mass is 19.4. The Morgan fingerprint density at radius 1 is 1.00 bits per heavy atom. The van der Waals surface area contributed by atoms with E-state index >= 15 is 0 Å². The predicted octanol–water partition coefficient (Wildman–Crippen LogP) is 5.59. The van der Waals surface area contributed by atoms with Crippen LogP contribution in [-0.2, 0) is 6.18 Å². The van der Waals surface area contributed by atoms with Crippen LogP contribution in [0.25, 0.3) is 5.69 Å². The van der Waals surface area contributed by atoms with Crippen LogP contribution in [0.1, 0.15) is 40.1 Å². The van der Waals surface area contributed by atoms with Gasteiger partial charge in [-0.3, -0.25) is 4.79 Å². The molecule has 0 aliphatic rings. The number of hydrogen-bond donors (Lipinski definition) is 1. The highest BCUT2D eigenvalue weighted by Crippen LogP contribution is 2.34. The van der Waals surface area contributed by atoms with Crippen LogP contribution < -0.4 is 10.1 Å². The van der Waals surface area contributed by atoms with Crippen LogP contribution >= 0.6 is 0 Å². The number of aromatic nitrogens is 2. The molecule has 1 atom stereocenters. The summed E-state index contributed by atoms with van der Waals surface area (Å²) in [5.41, 5.74) is -0.572. The number of alkyl halides is 6. The quantitative estimate of drug-likeness (QED) is 0.509. The number of ether oxygens (including phenoxy) is 1. The van der Waals surface area contributed by atoms with E-state index in [-0.39, 0.29) is 5.69 Å². The molecule has 1 amide bonds. The maximum absolute atomic E-state index is 13.8. The number of carbonyl (C=O) groups excluding carboxylic acids is 1. The van der Waals surface area contributed by atoms with Gasteiger partial charge in [0.05, 0.1) is 23.5 Å². The number of amides is 1. The molecule has 11 heteroatoms. The van der Waals surface area contributed by atoms with Gasteiger partial charge in [0.15, 0.2) is 5.69 Å². The molecule has 0 aliphatic carbocycles. The molecule has 3 rings (SSSR count). The summed E-state index contributed by atoms with van der Waals surface area (Å²) in [7, 11) is 0. The molecule has 1 N–H and O–H groups in total. The zero-order valence-corrected chi connectivity index (χ0v) is 16.8. The lowest BCUT2D eigenvalue weighted by atomic mass is 10.1. The second kappa shape index (κ2) is 8.56. The monoisotopic (exact) mass is 457 g/mol. The van der Waals surface area contributed by atoms with Crippen molar-refractivity contribution in [2.75, 3.05) is 0 Å². The SMILES string of the molecule is Cc1ccc(-n2ncc(C(=O)NC(C)c3ccc(OC(F)(F)F)cc3)c2C(F)(F)F)cc1. The number of halogens is 6. The first-order valence-electron chi connectivity index (χ1n) is 9.24. The minimum absolute atomic E-state index is 0.135. The van der Waals surface area contributed by atoms with Gasteiger partial charge in [0, 0.05) is 0 Å².